The van der Waals surface area contributed by atoms with Gasteiger partial charge in [0, 0.05) is 5.39 Å². The fraction of sp³-hybridized carbons (Fsp3) is 0. The fourth-order valence-electron chi connectivity index (χ4n) is 1.80. The number of aromatic nitrogens is 4. The smallest absolute Gasteiger partial charge is 0.189 e. The van der Waals surface area contributed by atoms with Crippen molar-refractivity contribution in [2.45, 2.75) is 0 Å². The van der Waals surface area contributed by atoms with Gasteiger partial charge in [0.1, 0.15) is 5.84 Å². The quantitative estimate of drug-likeness (QED) is 0.394. The molecule has 2 heterocycles. The van der Waals surface area contributed by atoms with Crippen LogP contribution in [0.3, 0.4) is 0 Å². The van der Waals surface area contributed by atoms with E-state index in [0.29, 0.717) is 11.2 Å². The molecule has 3 aromatic rings. The highest BCUT2D eigenvalue weighted by atomic mass is 15.5. The Morgan fingerprint density at radius 2 is 2.20 bits per heavy atom. The molecule has 0 aliphatic carbocycles. The molecule has 0 aliphatic heterocycles. The molecule has 6 heteroatoms. The Hall–Kier alpha value is -2.37. The van der Waals surface area contributed by atoms with E-state index in [1.54, 1.807) is 4.52 Å². The minimum Gasteiger partial charge on any atom is -0.384 e. The number of nitrogen functional groups attached to an aromatic ring is 1. The van der Waals surface area contributed by atoms with E-state index < -0.39 is 0 Å². The van der Waals surface area contributed by atoms with Crippen molar-refractivity contribution >= 4 is 22.4 Å². The lowest BCUT2D eigenvalue weighted by Crippen LogP contribution is -2.11. The Bertz CT molecular complexity index is 661. The molecule has 15 heavy (non-hydrogen) atoms. The van der Waals surface area contributed by atoms with E-state index in [1.165, 1.54) is 0 Å². The highest BCUT2D eigenvalue weighted by molar-refractivity contribution is 6.13. The third kappa shape index (κ3) is 0.899. The molecule has 1 aromatic carbocycles. The zero-order valence-corrected chi connectivity index (χ0v) is 7.73. The number of tetrazole rings is 1. The Balaban J connectivity index is 2.64. The highest BCUT2D eigenvalue weighted by Gasteiger charge is 2.15. The molecule has 4 N–H and O–H groups in total. The van der Waals surface area contributed by atoms with Crippen LogP contribution in [0.5, 0.6) is 0 Å². The van der Waals surface area contributed by atoms with E-state index in [2.05, 4.69) is 15.5 Å². The number of nitrogens with two attached hydrogens (primary N) is 1. The molecule has 0 unspecified atom stereocenters. The van der Waals surface area contributed by atoms with Gasteiger partial charge in [-0.3, -0.25) is 5.41 Å². The van der Waals surface area contributed by atoms with Crippen molar-refractivity contribution in [3.05, 3.63) is 29.8 Å². The fourth-order valence-corrected chi connectivity index (χ4v) is 1.80. The van der Waals surface area contributed by atoms with E-state index in [-0.39, 0.29) is 5.84 Å². The highest BCUT2D eigenvalue weighted by Crippen LogP contribution is 2.23. The lowest BCUT2D eigenvalue weighted by Gasteiger charge is -1.93. The zero-order chi connectivity index (χ0) is 10.4. The van der Waals surface area contributed by atoms with Crippen LogP contribution in [0.2, 0.25) is 0 Å². The maximum absolute atomic E-state index is 7.54. The summed E-state index contributed by atoms with van der Waals surface area (Å²) in [5.74, 6) is 0.00241. The maximum atomic E-state index is 7.54. The molecule has 0 saturated heterocycles. The molecule has 0 saturated carbocycles. The normalized spacial score (nSPS) is 11.2. The van der Waals surface area contributed by atoms with Gasteiger partial charge < -0.3 is 5.73 Å². The number of H-pyrrole nitrogens is 1. The number of benzene rings is 1. The predicted octanol–water partition coefficient (Wildman–Crippen LogP) is 0.495. The molecule has 0 bridgehead atoms. The molecule has 2 aromatic heterocycles. The molecular weight excluding hydrogens is 192 g/mol. The second-order valence-electron chi connectivity index (χ2n) is 3.26. The van der Waals surface area contributed by atoms with Crippen molar-refractivity contribution < 1.29 is 0 Å². The minimum absolute atomic E-state index is 0.00241. The lowest BCUT2D eigenvalue weighted by molar-refractivity contribution is 0.843. The number of nitrogens with one attached hydrogen (secondary N) is 2. The van der Waals surface area contributed by atoms with E-state index in [9.17, 15) is 0 Å². The van der Waals surface area contributed by atoms with Crippen LogP contribution in [0.25, 0.3) is 16.6 Å². The molecule has 74 valence electrons. The summed E-state index contributed by atoms with van der Waals surface area (Å²) >= 11 is 0. The van der Waals surface area contributed by atoms with Crippen LogP contribution >= 0.6 is 0 Å². The number of nitrogens with zero attached hydrogens (tertiary/aromatic N) is 3. The van der Waals surface area contributed by atoms with Gasteiger partial charge >= 0.3 is 0 Å². The zero-order valence-electron chi connectivity index (χ0n) is 7.73. The van der Waals surface area contributed by atoms with E-state index in [1.807, 2.05) is 24.3 Å². The Labute approximate surface area is 84.2 Å². The van der Waals surface area contributed by atoms with E-state index >= 15 is 0 Å². The molecule has 6 nitrogen and oxygen atoms in total. The molecule has 0 amide bonds. The maximum Gasteiger partial charge on any atom is 0.189 e. The Morgan fingerprint density at radius 1 is 1.40 bits per heavy atom. The van der Waals surface area contributed by atoms with Gasteiger partial charge in [0.2, 0.25) is 0 Å². The summed E-state index contributed by atoms with van der Waals surface area (Å²) in [4.78, 5) is 0. The van der Waals surface area contributed by atoms with Gasteiger partial charge in [0.05, 0.1) is 11.1 Å². The largest absolute Gasteiger partial charge is 0.384 e. The van der Waals surface area contributed by atoms with Crippen LogP contribution in [-0.4, -0.2) is 25.9 Å². The first-order valence-corrected chi connectivity index (χ1v) is 4.43. The molecular formula is C9H8N6. The van der Waals surface area contributed by atoms with Crippen molar-refractivity contribution in [2.24, 2.45) is 5.73 Å². The first kappa shape index (κ1) is 7.98. The number of hydrogen-bond acceptors (Lipinski definition) is 3. The lowest BCUT2D eigenvalue weighted by atomic mass is 10.1. The predicted molar refractivity (Wildman–Crippen MR) is 55.9 cm³/mol. The van der Waals surface area contributed by atoms with Gasteiger partial charge in [-0.15, -0.1) is 5.10 Å². The summed E-state index contributed by atoms with van der Waals surface area (Å²) in [5.41, 5.74) is 7.67. The van der Waals surface area contributed by atoms with Gasteiger partial charge in [-0.2, -0.15) is 5.21 Å². The van der Waals surface area contributed by atoms with E-state index in [4.69, 9.17) is 11.1 Å². The monoisotopic (exact) mass is 200 g/mol. The Kier molecular flexibility index (Phi) is 1.37. The van der Waals surface area contributed by atoms with Gasteiger partial charge in [0.15, 0.2) is 5.65 Å². The number of para-hydroxylation sites is 1. The van der Waals surface area contributed by atoms with Crippen molar-refractivity contribution in [1.29, 1.82) is 5.41 Å². The average molecular weight is 200 g/mol. The Morgan fingerprint density at radius 3 is 3.00 bits per heavy atom. The summed E-state index contributed by atoms with van der Waals surface area (Å²) in [6, 6.07) is 7.66. The van der Waals surface area contributed by atoms with Crippen molar-refractivity contribution in [1.82, 2.24) is 20.0 Å². The molecule has 0 fully saturated rings. The second-order valence-corrected chi connectivity index (χ2v) is 3.26. The van der Waals surface area contributed by atoms with Crippen LogP contribution < -0.4 is 5.73 Å². The number of amidine groups is 1. The number of rotatable bonds is 1. The average Bonchev–Trinajstić information content (AvgIpc) is 2.75. The molecule has 0 spiro atoms. The first-order chi connectivity index (χ1) is 7.29. The van der Waals surface area contributed by atoms with Crippen LogP contribution in [0.1, 0.15) is 5.56 Å². The van der Waals surface area contributed by atoms with Gasteiger partial charge in [-0.05, 0) is 6.07 Å². The molecule has 0 radical (unpaired) electrons. The minimum atomic E-state index is 0.00241. The summed E-state index contributed by atoms with van der Waals surface area (Å²) in [6.45, 7) is 0. The summed E-state index contributed by atoms with van der Waals surface area (Å²) in [7, 11) is 0. The topological polar surface area (TPSA) is 95.8 Å². The third-order valence-electron chi connectivity index (χ3n) is 2.41. The van der Waals surface area contributed by atoms with Crippen LogP contribution in [-0.2, 0) is 0 Å². The third-order valence-corrected chi connectivity index (χ3v) is 2.41. The summed E-state index contributed by atoms with van der Waals surface area (Å²) < 4.78 is 1.71. The van der Waals surface area contributed by atoms with Gasteiger partial charge in [0.25, 0.3) is 0 Å². The van der Waals surface area contributed by atoms with Crippen molar-refractivity contribution in [3.63, 3.8) is 0 Å². The van der Waals surface area contributed by atoms with E-state index in [0.717, 1.165) is 10.9 Å². The number of aromatic amines is 1. The van der Waals surface area contributed by atoms with Crippen LogP contribution in [0.4, 0.5) is 0 Å². The molecule has 3 rings (SSSR count). The van der Waals surface area contributed by atoms with Crippen LogP contribution in [0, 0.1) is 5.41 Å². The second kappa shape index (κ2) is 2.57. The van der Waals surface area contributed by atoms with Crippen molar-refractivity contribution in [2.75, 3.05) is 0 Å². The summed E-state index contributed by atoms with van der Waals surface area (Å²) in [5, 5.41) is 18.8. The van der Waals surface area contributed by atoms with Crippen molar-refractivity contribution in [3.8, 4) is 0 Å². The molecule has 0 aliphatic rings. The standard InChI is InChI=1S/C9H8N6/c10-8(11)7-5-3-1-2-4-6(5)15-9(7)12-13-14-15/h1-4H,(H3,10,11)(H,12,14). The first-order valence-electron chi connectivity index (χ1n) is 4.43. The van der Waals surface area contributed by atoms with Gasteiger partial charge in [-0.25, -0.2) is 4.52 Å². The number of hydrogen-bond donors (Lipinski definition) is 3. The SMILES string of the molecule is N=C(N)c1c2ccccc2n2[nH]nnc12. The molecule has 0 atom stereocenters. The van der Waals surface area contributed by atoms with Gasteiger partial charge in [-0.1, -0.05) is 23.4 Å². The van der Waals surface area contributed by atoms with Crippen LogP contribution in [0.15, 0.2) is 24.3 Å². The number of fused-ring (bicyclic) bond motifs is 3. The summed E-state index contributed by atoms with van der Waals surface area (Å²) in [6.07, 6.45) is 0.